The Labute approximate surface area is 239 Å². The molecule has 222 valence electrons. The van der Waals surface area contributed by atoms with Crippen LogP contribution in [-0.2, 0) is 33.3 Å². The third-order valence-corrected chi connectivity index (χ3v) is 10.2. The standard InChI is InChI=1S/C31H38O10/c1-16-20(34)13-30(41-27(37)19-10-8-7-9-11-19)14-21-29(6,22(35)12-23-31(21,15-38-23)40-18(3)33)26(36)25(39-17(2)32)24(16)28(30,4)5/h7-11,20-23,25,34-35H,12-15H2,1-6H3/t20-,21?,22-,23+,25+,29-,30+,31+/m0/s1. The molecular weight excluding hydrogens is 532 g/mol. The van der Waals surface area contributed by atoms with Gasteiger partial charge in [0.15, 0.2) is 17.5 Å². The number of Topliss-reactive ketones (excluding diaryl/α,β-unsaturated/α-hetero) is 1. The Hall–Kier alpha value is -3.08. The van der Waals surface area contributed by atoms with Gasteiger partial charge in [-0.15, -0.1) is 0 Å². The smallest absolute Gasteiger partial charge is 0.338 e. The molecule has 1 aromatic rings. The normalized spacial score (nSPS) is 39.2. The SMILES string of the molecule is CC(=O)O[C@H]1C(=O)[C@@]2(C)C(C[C@]3(OC(=O)c4ccccc4)C[C@H](O)C(C)=C1C3(C)C)[C@]1(OC(C)=O)CO[C@@H]1C[C@@H]2O. The van der Waals surface area contributed by atoms with Crippen molar-refractivity contribution in [2.45, 2.75) is 96.4 Å². The second-order valence-electron chi connectivity index (χ2n) is 12.7. The summed E-state index contributed by atoms with van der Waals surface area (Å²) in [5.74, 6) is -3.43. The third-order valence-electron chi connectivity index (χ3n) is 10.2. The molecule has 8 atom stereocenters. The zero-order valence-electron chi connectivity index (χ0n) is 24.3. The number of aliphatic hydroxyl groups excluding tert-OH is 2. The number of esters is 3. The van der Waals surface area contributed by atoms with Crippen LogP contribution in [0.5, 0.6) is 0 Å². The molecule has 1 heterocycles. The van der Waals surface area contributed by atoms with Crippen molar-refractivity contribution in [3.8, 4) is 0 Å². The van der Waals surface area contributed by atoms with Crippen LogP contribution in [0.4, 0.5) is 0 Å². The topological polar surface area (TPSA) is 146 Å². The first-order valence-corrected chi connectivity index (χ1v) is 14.0. The lowest BCUT2D eigenvalue weighted by Gasteiger charge is -2.66. The number of fused-ring (bicyclic) bond motifs is 5. The average Bonchev–Trinajstić information content (AvgIpc) is 2.89. The maximum atomic E-state index is 14.7. The predicted molar refractivity (Wildman–Crippen MR) is 143 cm³/mol. The number of aliphatic hydroxyl groups is 2. The van der Waals surface area contributed by atoms with E-state index >= 15 is 0 Å². The van der Waals surface area contributed by atoms with Gasteiger partial charge >= 0.3 is 17.9 Å². The minimum absolute atomic E-state index is 0.0136. The number of ketones is 1. The van der Waals surface area contributed by atoms with Gasteiger partial charge in [-0.1, -0.05) is 32.0 Å². The number of carbonyl (C=O) groups excluding carboxylic acids is 4. The number of rotatable bonds is 4. The zero-order valence-corrected chi connectivity index (χ0v) is 24.3. The van der Waals surface area contributed by atoms with Crippen LogP contribution in [0.25, 0.3) is 0 Å². The summed E-state index contributed by atoms with van der Waals surface area (Å²) < 4.78 is 23.9. The van der Waals surface area contributed by atoms with Crippen molar-refractivity contribution < 1.29 is 48.3 Å². The third kappa shape index (κ3) is 4.17. The van der Waals surface area contributed by atoms with E-state index in [1.54, 1.807) is 58.0 Å². The molecule has 1 aliphatic heterocycles. The molecule has 0 amide bonds. The first-order valence-electron chi connectivity index (χ1n) is 14.0. The van der Waals surface area contributed by atoms with Gasteiger partial charge in [0.1, 0.15) is 11.7 Å². The summed E-state index contributed by atoms with van der Waals surface area (Å²) in [4.78, 5) is 53.2. The minimum atomic E-state index is -1.59. The molecule has 5 rings (SSSR count). The fourth-order valence-electron chi connectivity index (χ4n) is 7.85. The second-order valence-corrected chi connectivity index (χ2v) is 12.7. The Kier molecular flexibility index (Phi) is 6.99. The highest BCUT2D eigenvalue weighted by atomic mass is 16.6. The summed E-state index contributed by atoms with van der Waals surface area (Å²) in [7, 11) is 0. The molecule has 2 N–H and O–H groups in total. The van der Waals surface area contributed by atoms with Crippen molar-refractivity contribution in [1.29, 1.82) is 0 Å². The number of hydrogen-bond donors (Lipinski definition) is 2. The van der Waals surface area contributed by atoms with Gasteiger partial charge in [0.05, 0.1) is 29.8 Å². The maximum Gasteiger partial charge on any atom is 0.338 e. The molecule has 0 radical (unpaired) electrons. The van der Waals surface area contributed by atoms with Gasteiger partial charge in [-0.25, -0.2) is 4.79 Å². The van der Waals surface area contributed by atoms with Crippen molar-refractivity contribution in [3.63, 3.8) is 0 Å². The van der Waals surface area contributed by atoms with Crippen molar-refractivity contribution in [1.82, 2.24) is 0 Å². The van der Waals surface area contributed by atoms with E-state index in [-0.39, 0.29) is 25.9 Å². The lowest BCUT2D eigenvalue weighted by atomic mass is 9.45. The summed E-state index contributed by atoms with van der Waals surface area (Å²) in [5.41, 5.74) is -4.45. The maximum absolute atomic E-state index is 14.7. The first-order chi connectivity index (χ1) is 19.1. The monoisotopic (exact) mass is 570 g/mol. The molecule has 3 fully saturated rings. The highest BCUT2D eigenvalue weighted by Gasteiger charge is 2.74. The molecule has 41 heavy (non-hydrogen) atoms. The molecule has 10 nitrogen and oxygen atoms in total. The summed E-state index contributed by atoms with van der Waals surface area (Å²) in [6.45, 7) is 9.29. The summed E-state index contributed by atoms with van der Waals surface area (Å²) in [5, 5.41) is 23.0. The molecule has 2 bridgehead atoms. The predicted octanol–water partition coefficient (Wildman–Crippen LogP) is 2.68. The Balaban J connectivity index is 1.78. The van der Waals surface area contributed by atoms with E-state index in [9.17, 15) is 29.4 Å². The van der Waals surface area contributed by atoms with Crippen molar-refractivity contribution in [2.75, 3.05) is 6.61 Å². The number of carbonyl (C=O) groups is 4. The van der Waals surface area contributed by atoms with Gasteiger partial charge < -0.3 is 29.2 Å². The van der Waals surface area contributed by atoms with Crippen molar-refractivity contribution >= 4 is 23.7 Å². The van der Waals surface area contributed by atoms with Crippen LogP contribution < -0.4 is 0 Å². The fraction of sp³-hybridized carbons (Fsp3) is 0.613. The second kappa shape index (κ2) is 9.74. The van der Waals surface area contributed by atoms with Gasteiger partial charge in [-0.3, -0.25) is 14.4 Å². The van der Waals surface area contributed by atoms with Gasteiger partial charge in [-0.2, -0.15) is 0 Å². The molecule has 10 heteroatoms. The molecule has 4 aliphatic rings. The van der Waals surface area contributed by atoms with E-state index in [4.69, 9.17) is 18.9 Å². The van der Waals surface area contributed by atoms with Crippen LogP contribution in [0, 0.1) is 16.7 Å². The minimum Gasteiger partial charge on any atom is -0.454 e. The lowest BCUT2D eigenvalue weighted by molar-refractivity contribution is -0.327. The quantitative estimate of drug-likeness (QED) is 0.315. The Morgan fingerprint density at radius 1 is 0.976 bits per heavy atom. The Morgan fingerprint density at radius 2 is 1.63 bits per heavy atom. The van der Waals surface area contributed by atoms with Crippen LogP contribution in [0.1, 0.15) is 71.2 Å². The fourth-order valence-corrected chi connectivity index (χ4v) is 7.85. The Bertz CT molecular complexity index is 1320. The van der Waals surface area contributed by atoms with Gasteiger partial charge in [-0.05, 0) is 43.5 Å². The number of ether oxygens (including phenoxy) is 4. The molecule has 1 unspecified atom stereocenters. The van der Waals surface area contributed by atoms with Gasteiger partial charge in [0, 0.05) is 38.0 Å². The van der Waals surface area contributed by atoms with E-state index < -0.39 is 76.1 Å². The highest BCUT2D eigenvalue weighted by molar-refractivity contribution is 5.95. The van der Waals surface area contributed by atoms with E-state index in [0.717, 1.165) is 0 Å². The van der Waals surface area contributed by atoms with Crippen LogP contribution >= 0.6 is 0 Å². The molecule has 0 aromatic heterocycles. The largest absolute Gasteiger partial charge is 0.454 e. The molecule has 1 saturated heterocycles. The van der Waals surface area contributed by atoms with E-state index in [2.05, 4.69) is 0 Å². The van der Waals surface area contributed by atoms with Gasteiger partial charge in [0.2, 0.25) is 0 Å². The van der Waals surface area contributed by atoms with Crippen LogP contribution in [0.2, 0.25) is 0 Å². The lowest BCUT2D eigenvalue weighted by Crippen LogP contribution is -2.78. The number of benzene rings is 1. The summed E-state index contributed by atoms with van der Waals surface area (Å²) in [6.07, 6.45) is -4.62. The summed E-state index contributed by atoms with van der Waals surface area (Å²) in [6, 6.07) is 8.42. The average molecular weight is 571 g/mol. The van der Waals surface area contributed by atoms with Crippen LogP contribution in [0.3, 0.4) is 0 Å². The van der Waals surface area contributed by atoms with Crippen LogP contribution in [0.15, 0.2) is 41.5 Å². The Morgan fingerprint density at radius 3 is 2.20 bits per heavy atom. The zero-order chi connectivity index (χ0) is 30.1. The molecule has 0 spiro atoms. The molecular formula is C31H38O10. The molecule has 2 saturated carbocycles. The van der Waals surface area contributed by atoms with Crippen molar-refractivity contribution in [3.05, 3.63) is 47.0 Å². The van der Waals surface area contributed by atoms with Crippen LogP contribution in [-0.4, -0.2) is 76.1 Å². The van der Waals surface area contributed by atoms with E-state index in [1.807, 2.05) is 0 Å². The van der Waals surface area contributed by atoms with E-state index in [0.29, 0.717) is 16.7 Å². The highest BCUT2D eigenvalue weighted by Crippen LogP contribution is 2.64. The van der Waals surface area contributed by atoms with Gasteiger partial charge in [0.25, 0.3) is 0 Å². The van der Waals surface area contributed by atoms with Crippen molar-refractivity contribution in [2.24, 2.45) is 16.7 Å². The summed E-state index contributed by atoms with van der Waals surface area (Å²) >= 11 is 0. The number of hydrogen-bond acceptors (Lipinski definition) is 10. The molecule has 1 aromatic carbocycles. The first kappa shape index (κ1) is 29.4. The molecule has 3 aliphatic carbocycles. The van der Waals surface area contributed by atoms with E-state index in [1.165, 1.54) is 13.8 Å².